The number of nitrogens with zero attached hydrogens (tertiary/aromatic N) is 1. The van der Waals surface area contributed by atoms with E-state index in [1.165, 1.54) is 16.8 Å². The maximum Gasteiger partial charge on any atom is 0.223 e. The number of nitrogens with one attached hydrogen (secondary N) is 1. The lowest BCUT2D eigenvalue weighted by Crippen LogP contribution is -2.68. The van der Waals surface area contributed by atoms with Crippen LogP contribution in [0.2, 0.25) is 0 Å². The van der Waals surface area contributed by atoms with E-state index in [4.69, 9.17) is 0 Å². The third kappa shape index (κ3) is 2.30. The van der Waals surface area contributed by atoms with E-state index < -0.39 is 5.66 Å². The highest BCUT2D eigenvalue weighted by molar-refractivity contribution is 5.84. The van der Waals surface area contributed by atoms with Gasteiger partial charge in [-0.15, -0.1) is 0 Å². The molecule has 0 aromatic heterocycles. The van der Waals surface area contributed by atoms with Gasteiger partial charge in [0.2, 0.25) is 5.91 Å². The van der Waals surface area contributed by atoms with Gasteiger partial charge in [0.25, 0.3) is 0 Å². The van der Waals surface area contributed by atoms with E-state index in [9.17, 15) is 4.79 Å². The number of amides is 1. The van der Waals surface area contributed by atoms with Crippen LogP contribution in [-0.4, -0.2) is 18.1 Å². The van der Waals surface area contributed by atoms with Crippen LogP contribution in [0.25, 0.3) is 6.08 Å². The van der Waals surface area contributed by atoms with Gasteiger partial charge in [-0.25, -0.2) is 0 Å². The minimum absolute atomic E-state index is 0.117. The van der Waals surface area contributed by atoms with Crippen molar-refractivity contribution in [3.8, 4) is 0 Å². The molecule has 1 unspecified atom stereocenters. The van der Waals surface area contributed by atoms with Gasteiger partial charge in [0, 0.05) is 24.1 Å². The van der Waals surface area contributed by atoms with Gasteiger partial charge in [-0.1, -0.05) is 68.0 Å². The Kier molecular flexibility index (Phi) is 3.50. The summed E-state index contributed by atoms with van der Waals surface area (Å²) < 4.78 is 0. The molecule has 128 valence electrons. The zero-order valence-corrected chi connectivity index (χ0v) is 15.0. The standard InChI is InChI=1S/C22H24N2O/c1-16-9-10-19-18(15-16)21(2,3)22(23-20(25)12-14-24(19)22)13-11-17-7-5-4-6-8-17/h4-11,13,15H,12,14H2,1-3H3,(H,23,25)/b13-11+. The number of fused-ring (bicyclic) bond motifs is 3. The van der Waals surface area contributed by atoms with E-state index in [0.29, 0.717) is 6.42 Å². The number of anilines is 1. The quantitative estimate of drug-likeness (QED) is 0.901. The first-order valence-corrected chi connectivity index (χ1v) is 8.88. The van der Waals surface area contributed by atoms with Gasteiger partial charge in [-0.3, -0.25) is 4.79 Å². The highest BCUT2D eigenvalue weighted by Crippen LogP contribution is 2.52. The fourth-order valence-corrected chi connectivity index (χ4v) is 4.25. The fourth-order valence-electron chi connectivity index (χ4n) is 4.25. The van der Waals surface area contributed by atoms with Crippen molar-refractivity contribution < 1.29 is 4.79 Å². The number of carbonyl (C=O) groups is 1. The molecule has 0 saturated carbocycles. The molecule has 0 bridgehead atoms. The molecule has 3 nitrogen and oxygen atoms in total. The van der Waals surface area contributed by atoms with Gasteiger partial charge in [0.1, 0.15) is 5.66 Å². The van der Waals surface area contributed by atoms with Crippen molar-refractivity contribution in [2.75, 3.05) is 11.4 Å². The van der Waals surface area contributed by atoms with E-state index in [2.05, 4.69) is 73.5 Å². The van der Waals surface area contributed by atoms with Crippen LogP contribution in [0.3, 0.4) is 0 Å². The molecule has 0 spiro atoms. The van der Waals surface area contributed by atoms with Crippen molar-refractivity contribution in [2.45, 2.75) is 38.3 Å². The number of aryl methyl sites for hydroxylation is 1. The summed E-state index contributed by atoms with van der Waals surface area (Å²) in [7, 11) is 0. The molecule has 4 rings (SSSR count). The van der Waals surface area contributed by atoms with Crippen LogP contribution < -0.4 is 10.2 Å². The Hall–Kier alpha value is -2.55. The van der Waals surface area contributed by atoms with Crippen molar-refractivity contribution in [1.82, 2.24) is 5.32 Å². The largest absolute Gasteiger partial charge is 0.344 e. The topological polar surface area (TPSA) is 32.3 Å². The number of benzene rings is 2. The molecule has 2 aliphatic heterocycles. The van der Waals surface area contributed by atoms with Crippen molar-refractivity contribution in [3.05, 3.63) is 71.3 Å². The second kappa shape index (κ2) is 5.48. The van der Waals surface area contributed by atoms with Crippen LogP contribution in [0.15, 0.2) is 54.6 Å². The summed E-state index contributed by atoms with van der Waals surface area (Å²) in [4.78, 5) is 14.7. The van der Waals surface area contributed by atoms with E-state index >= 15 is 0 Å². The van der Waals surface area contributed by atoms with Gasteiger partial charge < -0.3 is 10.2 Å². The van der Waals surface area contributed by atoms with Crippen LogP contribution >= 0.6 is 0 Å². The Morgan fingerprint density at radius 3 is 2.64 bits per heavy atom. The van der Waals surface area contributed by atoms with Crippen molar-refractivity contribution in [2.24, 2.45) is 0 Å². The monoisotopic (exact) mass is 332 g/mol. The molecule has 2 aromatic rings. The minimum Gasteiger partial charge on any atom is -0.344 e. The highest BCUT2D eigenvalue weighted by Gasteiger charge is 2.57. The summed E-state index contributed by atoms with van der Waals surface area (Å²) in [6.07, 6.45) is 4.83. The molecule has 1 atom stereocenters. The smallest absolute Gasteiger partial charge is 0.223 e. The normalized spacial score (nSPS) is 24.1. The molecule has 0 aliphatic carbocycles. The lowest BCUT2D eigenvalue weighted by atomic mass is 9.74. The Morgan fingerprint density at radius 2 is 1.88 bits per heavy atom. The first-order valence-electron chi connectivity index (χ1n) is 8.88. The first-order chi connectivity index (χ1) is 11.9. The maximum absolute atomic E-state index is 12.4. The zero-order valence-electron chi connectivity index (χ0n) is 15.0. The molecule has 2 heterocycles. The SMILES string of the molecule is Cc1ccc2c(c1)C(C)(C)C1(/C=C/c3ccccc3)NC(=O)CCN21. The molecule has 3 heteroatoms. The summed E-state index contributed by atoms with van der Waals surface area (Å²) >= 11 is 0. The van der Waals surface area contributed by atoms with Gasteiger partial charge in [-0.05, 0) is 30.2 Å². The number of hydrogen-bond acceptors (Lipinski definition) is 2. The molecular weight excluding hydrogens is 308 g/mol. The van der Waals surface area contributed by atoms with Crippen LogP contribution in [0.1, 0.15) is 37.0 Å². The molecule has 2 aromatic carbocycles. The molecular formula is C22H24N2O. The zero-order chi connectivity index (χ0) is 17.7. The Balaban J connectivity index is 1.87. The Bertz CT molecular complexity index is 854. The lowest BCUT2D eigenvalue weighted by Gasteiger charge is -2.49. The molecule has 2 aliphatic rings. The average Bonchev–Trinajstić information content (AvgIpc) is 2.78. The number of carbonyl (C=O) groups excluding carboxylic acids is 1. The second-order valence-electron chi connectivity index (χ2n) is 7.61. The van der Waals surface area contributed by atoms with Crippen molar-refractivity contribution in [3.63, 3.8) is 0 Å². The first kappa shape index (κ1) is 15.9. The summed E-state index contributed by atoms with van der Waals surface area (Å²) in [5, 5.41) is 3.32. The number of hydrogen-bond donors (Lipinski definition) is 1. The van der Waals surface area contributed by atoms with Gasteiger partial charge >= 0.3 is 0 Å². The van der Waals surface area contributed by atoms with E-state index in [1.54, 1.807) is 0 Å². The van der Waals surface area contributed by atoms with E-state index in [0.717, 1.165) is 12.1 Å². The third-order valence-corrected chi connectivity index (χ3v) is 5.70. The summed E-state index contributed by atoms with van der Waals surface area (Å²) in [5.41, 5.74) is 4.16. The predicted octanol–water partition coefficient (Wildman–Crippen LogP) is 4.02. The van der Waals surface area contributed by atoms with E-state index in [-0.39, 0.29) is 11.3 Å². The lowest BCUT2D eigenvalue weighted by molar-refractivity contribution is -0.124. The predicted molar refractivity (Wildman–Crippen MR) is 103 cm³/mol. The second-order valence-corrected chi connectivity index (χ2v) is 7.61. The number of rotatable bonds is 2. The van der Waals surface area contributed by atoms with Crippen molar-refractivity contribution >= 4 is 17.7 Å². The summed E-state index contributed by atoms with van der Waals surface area (Å²) in [5.74, 6) is 0.117. The van der Waals surface area contributed by atoms with E-state index in [1.807, 2.05) is 18.2 Å². The van der Waals surface area contributed by atoms with Crippen LogP contribution in [-0.2, 0) is 10.2 Å². The van der Waals surface area contributed by atoms with Crippen LogP contribution in [0.4, 0.5) is 5.69 Å². The van der Waals surface area contributed by atoms with Gasteiger partial charge in [0.05, 0.1) is 0 Å². The maximum atomic E-state index is 12.4. The molecule has 1 amide bonds. The van der Waals surface area contributed by atoms with Gasteiger partial charge in [0.15, 0.2) is 0 Å². The fraction of sp³-hybridized carbons (Fsp3) is 0.318. The molecule has 1 fully saturated rings. The van der Waals surface area contributed by atoms with Crippen LogP contribution in [0, 0.1) is 6.92 Å². The summed E-state index contributed by atoms with van der Waals surface area (Å²) in [6.45, 7) is 7.32. The average molecular weight is 332 g/mol. The molecule has 1 N–H and O–H groups in total. The summed E-state index contributed by atoms with van der Waals surface area (Å²) in [6, 6.07) is 16.9. The third-order valence-electron chi connectivity index (χ3n) is 5.70. The molecule has 1 saturated heterocycles. The van der Waals surface area contributed by atoms with Crippen molar-refractivity contribution in [1.29, 1.82) is 0 Å². The van der Waals surface area contributed by atoms with Crippen LogP contribution in [0.5, 0.6) is 0 Å². The highest BCUT2D eigenvalue weighted by atomic mass is 16.2. The van der Waals surface area contributed by atoms with Gasteiger partial charge in [-0.2, -0.15) is 0 Å². The molecule has 0 radical (unpaired) electrons. The molecule has 25 heavy (non-hydrogen) atoms. The minimum atomic E-state index is -0.533. The Labute approximate surface area is 149 Å². The Morgan fingerprint density at radius 1 is 1.12 bits per heavy atom.